The van der Waals surface area contributed by atoms with E-state index in [0.29, 0.717) is 11.4 Å². The first-order chi connectivity index (χ1) is 8.25. The van der Waals surface area contributed by atoms with Gasteiger partial charge in [0, 0.05) is 36.8 Å². The SMILES string of the molecule is O=c1ccccn1CCNC1CCC(Cl)CC1. The standard InChI is InChI=1S/C13H19ClN2O/c14-11-4-6-12(7-5-11)15-8-10-16-9-2-1-3-13(16)17/h1-3,9,11-12,15H,4-8,10H2. The van der Waals surface area contributed by atoms with E-state index in [1.807, 2.05) is 12.3 Å². The van der Waals surface area contributed by atoms with Crippen LogP contribution in [0, 0.1) is 0 Å². The Morgan fingerprint density at radius 2 is 2.06 bits per heavy atom. The number of nitrogens with zero attached hydrogens (tertiary/aromatic N) is 1. The summed E-state index contributed by atoms with van der Waals surface area (Å²) in [5.41, 5.74) is 0.0683. The monoisotopic (exact) mass is 254 g/mol. The van der Waals surface area contributed by atoms with E-state index < -0.39 is 0 Å². The molecule has 3 nitrogen and oxygen atoms in total. The van der Waals surface area contributed by atoms with Crippen molar-refractivity contribution >= 4 is 11.6 Å². The molecular formula is C13H19ClN2O. The molecule has 0 aliphatic heterocycles. The predicted molar refractivity (Wildman–Crippen MR) is 70.6 cm³/mol. The molecule has 4 heteroatoms. The Balaban J connectivity index is 1.73. The highest BCUT2D eigenvalue weighted by Crippen LogP contribution is 2.22. The van der Waals surface area contributed by atoms with Gasteiger partial charge in [0.25, 0.3) is 5.56 Å². The number of pyridine rings is 1. The molecule has 0 atom stereocenters. The fraction of sp³-hybridized carbons (Fsp3) is 0.615. The molecule has 0 spiro atoms. The first-order valence-corrected chi connectivity index (χ1v) is 6.72. The zero-order valence-electron chi connectivity index (χ0n) is 9.94. The summed E-state index contributed by atoms with van der Waals surface area (Å²) in [6.45, 7) is 1.59. The number of nitrogens with one attached hydrogen (secondary N) is 1. The van der Waals surface area contributed by atoms with Crippen molar-refractivity contribution in [2.24, 2.45) is 0 Å². The van der Waals surface area contributed by atoms with Gasteiger partial charge in [-0.25, -0.2) is 0 Å². The summed E-state index contributed by atoms with van der Waals surface area (Å²) in [4.78, 5) is 11.5. The van der Waals surface area contributed by atoms with Gasteiger partial charge in [-0.15, -0.1) is 11.6 Å². The van der Waals surface area contributed by atoms with E-state index in [0.717, 1.165) is 38.8 Å². The Hall–Kier alpha value is -0.800. The van der Waals surface area contributed by atoms with E-state index >= 15 is 0 Å². The molecule has 1 fully saturated rings. The molecular weight excluding hydrogens is 236 g/mol. The molecule has 94 valence electrons. The number of hydrogen-bond donors (Lipinski definition) is 1. The highest BCUT2D eigenvalue weighted by molar-refractivity contribution is 6.20. The third-order valence-electron chi connectivity index (χ3n) is 3.34. The molecule has 0 aromatic carbocycles. The molecule has 0 radical (unpaired) electrons. The molecule has 0 saturated heterocycles. The van der Waals surface area contributed by atoms with Gasteiger partial charge in [0.2, 0.25) is 0 Å². The van der Waals surface area contributed by atoms with Crippen molar-refractivity contribution < 1.29 is 0 Å². The lowest BCUT2D eigenvalue weighted by atomic mass is 9.95. The lowest BCUT2D eigenvalue weighted by Crippen LogP contribution is -2.36. The van der Waals surface area contributed by atoms with Crippen molar-refractivity contribution in [3.8, 4) is 0 Å². The summed E-state index contributed by atoms with van der Waals surface area (Å²) in [5, 5.41) is 3.87. The van der Waals surface area contributed by atoms with E-state index in [4.69, 9.17) is 11.6 Å². The molecule has 1 aromatic heterocycles. The number of alkyl halides is 1. The van der Waals surface area contributed by atoms with Crippen LogP contribution in [-0.2, 0) is 6.54 Å². The Labute approximate surface area is 107 Å². The molecule has 1 aromatic rings. The third-order valence-corrected chi connectivity index (χ3v) is 3.78. The molecule has 0 bridgehead atoms. The van der Waals surface area contributed by atoms with Gasteiger partial charge in [-0.3, -0.25) is 4.79 Å². The molecule has 17 heavy (non-hydrogen) atoms. The fourth-order valence-electron chi connectivity index (χ4n) is 2.29. The molecule has 1 heterocycles. The predicted octanol–water partition coefficient (Wildman–Crippen LogP) is 1.99. The summed E-state index contributed by atoms with van der Waals surface area (Å²) < 4.78 is 1.74. The number of hydrogen-bond acceptors (Lipinski definition) is 2. The van der Waals surface area contributed by atoms with Crippen molar-refractivity contribution in [1.29, 1.82) is 0 Å². The second-order valence-corrected chi connectivity index (χ2v) is 5.25. The van der Waals surface area contributed by atoms with Gasteiger partial charge in [0.1, 0.15) is 0 Å². The summed E-state index contributed by atoms with van der Waals surface area (Å²) in [6, 6.07) is 5.83. The van der Waals surface area contributed by atoms with E-state index in [9.17, 15) is 4.79 Å². The number of aromatic nitrogens is 1. The van der Waals surface area contributed by atoms with Gasteiger partial charge < -0.3 is 9.88 Å². The maximum Gasteiger partial charge on any atom is 0.250 e. The minimum absolute atomic E-state index is 0.0683. The zero-order valence-corrected chi connectivity index (χ0v) is 10.7. The van der Waals surface area contributed by atoms with Gasteiger partial charge >= 0.3 is 0 Å². The molecule has 1 aliphatic rings. The Morgan fingerprint density at radius 3 is 2.76 bits per heavy atom. The van der Waals surface area contributed by atoms with Crippen LogP contribution in [-0.4, -0.2) is 22.5 Å². The van der Waals surface area contributed by atoms with Gasteiger partial charge in [0.15, 0.2) is 0 Å². The van der Waals surface area contributed by atoms with E-state index in [1.165, 1.54) is 0 Å². The first-order valence-electron chi connectivity index (χ1n) is 6.28. The van der Waals surface area contributed by atoms with E-state index in [-0.39, 0.29) is 5.56 Å². The van der Waals surface area contributed by atoms with Crippen LogP contribution in [0.2, 0.25) is 0 Å². The van der Waals surface area contributed by atoms with Crippen LogP contribution in [0.5, 0.6) is 0 Å². The van der Waals surface area contributed by atoms with Crippen LogP contribution in [0.15, 0.2) is 29.2 Å². The zero-order chi connectivity index (χ0) is 12.1. The summed E-state index contributed by atoms with van der Waals surface area (Å²) >= 11 is 6.06. The topological polar surface area (TPSA) is 34.0 Å². The summed E-state index contributed by atoms with van der Waals surface area (Å²) in [6.07, 6.45) is 6.34. The molecule has 0 unspecified atom stereocenters. The van der Waals surface area contributed by atoms with Crippen molar-refractivity contribution in [1.82, 2.24) is 9.88 Å². The highest BCUT2D eigenvalue weighted by atomic mass is 35.5. The number of halogens is 1. The van der Waals surface area contributed by atoms with Crippen LogP contribution in [0.25, 0.3) is 0 Å². The molecule has 0 amide bonds. The Bertz CT molecular complexity index is 396. The van der Waals surface area contributed by atoms with Gasteiger partial charge in [-0.1, -0.05) is 6.07 Å². The smallest absolute Gasteiger partial charge is 0.250 e. The average molecular weight is 255 g/mol. The minimum Gasteiger partial charge on any atom is -0.314 e. The molecule has 1 aliphatic carbocycles. The largest absolute Gasteiger partial charge is 0.314 e. The van der Waals surface area contributed by atoms with Crippen molar-refractivity contribution in [3.63, 3.8) is 0 Å². The van der Waals surface area contributed by atoms with Crippen LogP contribution >= 0.6 is 11.6 Å². The Kier molecular flexibility index (Phi) is 4.63. The highest BCUT2D eigenvalue weighted by Gasteiger charge is 2.18. The van der Waals surface area contributed by atoms with Crippen LogP contribution in [0.3, 0.4) is 0 Å². The van der Waals surface area contributed by atoms with Crippen molar-refractivity contribution in [3.05, 3.63) is 34.7 Å². The maximum absolute atomic E-state index is 11.5. The lowest BCUT2D eigenvalue weighted by molar-refractivity contribution is 0.370. The maximum atomic E-state index is 11.5. The quantitative estimate of drug-likeness (QED) is 0.834. The van der Waals surface area contributed by atoms with E-state index in [2.05, 4.69) is 5.32 Å². The Morgan fingerprint density at radius 1 is 1.29 bits per heavy atom. The van der Waals surface area contributed by atoms with Gasteiger partial charge in [-0.2, -0.15) is 0 Å². The second kappa shape index (κ2) is 6.22. The summed E-state index contributed by atoms with van der Waals surface area (Å²) in [7, 11) is 0. The van der Waals surface area contributed by atoms with Crippen molar-refractivity contribution in [2.75, 3.05) is 6.54 Å². The number of rotatable bonds is 4. The van der Waals surface area contributed by atoms with Crippen molar-refractivity contribution in [2.45, 2.75) is 43.6 Å². The molecule has 1 saturated carbocycles. The van der Waals surface area contributed by atoms with Crippen LogP contribution in [0.4, 0.5) is 0 Å². The summed E-state index contributed by atoms with van der Waals surface area (Å²) in [5.74, 6) is 0. The lowest BCUT2D eigenvalue weighted by Gasteiger charge is -2.26. The molecule has 2 rings (SSSR count). The average Bonchev–Trinajstić information content (AvgIpc) is 2.34. The normalized spacial score (nSPS) is 24.8. The van der Waals surface area contributed by atoms with Crippen LogP contribution < -0.4 is 10.9 Å². The first kappa shape index (κ1) is 12.7. The fourth-order valence-corrected chi connectivity index (χ4v) is 2.54. The second-order valence-electron chi connectivity index (χ2n) is 4.64. The van der Waals surface area contributed by atoms with E-state index in [1.54, 1.807) is 16.7 Å². The van der Waals surface area contributed by atoms with Gasteiger partial charge in [0.05, 0.1) is 0 Å². The minimum atomic E-state index is 0.0683. The van der Waals surface area contributed by atoms with Gasteiger partial charge in [-0.05, 0) is 31.7 Å². The third kappa shape index (κ3) is 3.86. The van der Waals surface area contributed by atoms with Crippen LogP contribution in [0.1, 0.15) is 25.7 Å². The molecule has 1 N–H and O–H groups in total.